The SMILES string of the molecule is FC(F)(F)c1ccc(CCc2ccc(CCl)cc2)cc1. The molecule has 0 aliphatic carbocycles. The third kappa shape index (κ3) is 4.01. The van der Waals surface area contributed by atoms with Crippen molar-refractivity contribution < 1.29 is 13.2 Å². The van der Waals surface area contributed by atoms with Crippen LogP contribution < -0.4 is 0 Å². The van der Waals surface area contributed by atoms with Crippen LogP contribution >= 0.6 is 11.6 Å². The van der Waals surface area contributed by atoms with E-state index in [0.29, 0.717) is 5.88 Å². The van der Waals surface area contributed by atoms with Gasteiger partial charge in [0.15, 0.2) is 0 Å². The molecule has 0 aromatic heterocycles. The average Bonchev–Trinajstić information content (AvgIpc) is 2.45. The molecule has 0 aliphatic rings. The van der Waals surface area contributed by atoms with E-state index in [2.05, 4.69) is 0 Å². The number of alkyl halides is 4. The minimum absolute atomic E-state index is 0.485. The zero-order chi connectivity index (χ0) is 14.6. The van der Waals surface area contributed by atoms with Crippen molar-refractivity contribution in [3.8, 4) is 0 Å². The van der Waals surface area contributed by atoms with Crippen LogP contribution in [-0.2, 0) is 24.9 Å². The summed E-state index contributed by atoms with van der Waals surface area (Å²) in [4.78, 5) is 0. The van der Waals surface area contributed by atoms with Gasteiger partial charge in [-0.2, -0.15) is 13.2 Å². The van der Waals surface area contributed by atoms with Gasteiger partial charge in [-0.15, -0.1) is 11.6 Å². The fourth-order valence-corrected chi connectivity index (χ4v) is 2.12. The number of hydrogen-bond acceptors (Lipinski definition) is 0. The van der Waals surface area contributed by atoms with E-state index < -0.39 is 11.7 Å². The third-order valence-electron chi connectivity index (χ3n) is 3.16. The van der Waals surface area contributed by atoms with E-state index in [4.69, 9.17) is 11.6 Å². The van der Waals surface area contributed by atoms with Crippen molar-refractivity contribution in [2.24, 2.45) is 0 Å². The number of hydrogen-bond donors (Lipinski definition) is 0. The summed E-state index contributed by atoms with van der Waals surface area (Å²) in [5, 5.41) is 0. The van der Waals surface area contributed by atoms with E-state index >= 15 is 0 Å². The molecule has 0 saturated heterocycles. The molecule has 4 heteroatoms. The van der Waals surface area contributed by atoms with Crippen molar-refractivity contribution in [1.82, 2.24) is 0 Å². The lowest BCUT2D eigenvalue weighted by molar-refractivity contribution is -0.137. The minimum atomic E-state index is -4.27. The molecule has 20 heavy (non-hydrogen) atoms. The molecule has 106 valence electrons. The highest BCUT2D eigenvalue weighted by atomic mass is 35.5. The molecule has 0 nitrogen and oxygen atoms in total. The lowest BCUT2D eigenvalue weighted by Gasteiger charge is -2.08. The molecule has 0 spiro atoms. The second-order valence-corrected chi connectivity index (χ2v) is 4.91. The maximum atomic E-state index is 12.4. The van der Waals surface area contributed by atoms with Crippen molar-refractivity contribution in [1.29, 1.82) is 0 Å². The summed E-state index contributed by atoms with van der Waals surface area (Å²) < 4.78 is 37.3. The molecule has 0 saturated carbocycles. The Morgan fingerprint density at radius 1 is 0.700 bits per heavy atom. The van der Waals surface area contributed by atoms with Crippen molar-refractivity contribution >= 4 is 11.6 Å². The highest BCUT2D eigenvalue weighted by Gasteiger charge is 2.29. The first kappa shape index (κ1) is 14.9. The van der Waals surface area contributed by atoms with Crippen LogP contribution in [0.15, 0.2) is 48.5 Å². The standard InChI is InChI=1S/C16H14ClF3/c17-11-14-5-3-12(4-6-14)1-2-13-7-9-15(10-8-13)16(18,19)20/h3-10H,1-2,11H2. The van der Waals surface area contributed by atoms with Crippen molar-refractivity contribution in [2.45, 2.75) is 24.9 Å². The zero-order valence-corrected chi connectivity index (χ0v) is 11.5. The number of aryl methyl sites for hydroxylation is 2. The van der Waals surface area contributed by atoms with Crippen molar-refractivity contribution in [3.63, 3.8) is 0 Å². The lowest BCUT2D eigenvalue weighted by Crippen LogP contribution is -2.04. The van der Waals surface area contributed by atoms with E-state index in [0.717, 1.165) is 41.7 Å². The lowest BCUT2D eigenvalue weighted by atomic mass is 10.0. The molecule has 0 aliphatic heterocycles. The Morgan fingerprint density at radius 2 is 1.10 bits per heavy atom. The monoisotopic (exact) mass is 298 g/mol. The number of halogens is 4. The molecule has 0 bridgehead atoms. The average molecular weight is 299 g/mol. The summed E-state index contributed by atoms with van der Waals surface area (Å²) in [5.74, 6) is 0.485. The van der Waals surface area contributed by atoms with Crippen LogP contribution in [0, 0.1) is 0 Å². The van der Waals surface area contributed by atoms with E-state index in [-0.39, 0.29) is 0 Å². The Morgan fingerprint density at radius 3 is 1.50 bits per heavy atom. The van der Waals surface area contributed by atoms with Crippen LogP contribution in [0.2, 0.25) is 0 Å². The Kier molecular flexibility index (Phi) is 4.71. The molecule has 0 unspecified atom stereocenters. The van der Waals surface area contributed by atoms with E-state index in [9.17, 15) is 13.2 Å². The van der Waals surface area contributed by atoms with Gasteiger partial charge >= 0.3 is 6.18 Å². The smallest absolute Gasteiger partial charge is 0.166 e. The van der Waals surface area contributed by atoms with Crippen LogP contribution in [0.1, 0.15) is 22.3 Å². The van der Waals surface area contributed by atoms with Gasteiger partial charge in [0.2, 0.25) is 0 Å². The first-order valence-corrected chi connectivity index (χ1v) is 6.82. The third-order valence-corrected chi connectivity index (χ3v) is 3.47. The van der Waals surface area contributed by atoms with E-state index in [1.807, 2.05) is 24.3 Å². The van der Waals surface area contributed by atoms with Gasteiger partial charge in [0.25, 0.3) is 0 Å². The fraction of sp³-hybridized carbons (Fsp3) is 0.250. The topological polar surface area (TPSA) is 0 Å². The fourth-order valence-electron chi connectivity index (χ4n) is 1.94. The summed E-state index contributed by atoms with van der Waals surface area (Å²) in [6.45, 7) is 0. The van der Waals surface area contributed by atoms with Crippen molar-refractivity contribution in [2.75, 3.05) is 0 Å². The predicted molar refractivity (Wildman–Crippen MR) is 74.9 cm³/mol. The van der Waals surface area contributed by atoms with Crippen LogP contribution in [0.4, 0.5) is 13.2 Å². The zero-order valence-electron chi connectivity index (χ0n) is 10.8. The maximum Gasteiger partial charge on any atom is 0.416 e. The second kappa shape index (κ2) is 6.31. The van der Waals surface area contributed by atoms with Gasteiger partial charge in [-0.3, -0.25) is 0 Å². The first-order valence-electron chi connectivity index (χ1n) is 6.29. The molecule has 0 fully saturated rings. The second-order valence-electron chi connectivity index (χ2n) is 4.64. The van der Waals surface area contributed by atoms with Crippen LogP contribution in [0.3, 0.4) is 0 Å². The summed E-state index contributed by atoms with van der Waals surface area (Å²) >= 11 is 5.71. The summed E-state index contributed by atoms with van der Waals surface area (Å²) in [6.07, 6.45) is -2.75. The molecule has 0 heterocycles. The van der Waals surface area contributed by atoms with Crippen molar-refractivity contribution in [3.05, 3.63) is 70.8 Å². The largest absolute Gasteiger partial charge is 0.416 e. The van der Waals surface area contributed by atoms with Crippen LogP contribution in [-0.4, -0.2) is 0 Å². The van der Waals surface area contributed by atoms with Crippen LogP contribution in [0.5, 0.6) is 0 Å². The van der Waals surface area contributed by atoms with Gasteiger partial charge < -0.3 is 0 Å². The first-order chi connectivity index (χ1) is 9.49. The Bertz CT molecular complexity index is 541. The van der Waals surface area contributed by atoms with Gasteiger partial charge in [-0.05, 0) is 41.7 Å². The highest BCUT2D eigenvalue weighted by Crippen LogP contribution is 2.29. The minimum Gasteiger partial charge on any atom is -0.166 e. The molecule has 0 radical (unpaired) electrons. The molecule has 0 N–H and O–H groups in total. The molecule has 0 amide bonds. The quantitative estimate of drug-likeness (QED) is 0.678. The predicted octanol–water partition coefficient (Wildman–Crippen LogP) is 5.23. The van der Waals surface area contributed by atoms with Gasteiger partial charge in [0.05, 0.1) is 5.56 Å². The summed E-state index contributed by atoms with van der Waals surface area (Å²) in [5.41, 5.74) is 2.51. The molecule has 2 aromatic rings. The molecule has 2 rings (SSSR count). The summed E-state index contributed by atoms with van der Waals surface area (Å²) in [7, 11) is 0. The van der Waals surface area contributed by atoms with Gasteiger partial charge in [0, 0.05) is 5.88 Å². The van der Waals surface area contributed by atoms with E-state index in [1.54, 1.807) is 0 Å². The Labute approximate surface area is 121 Å². The van der Waals surface area contributed by atoms with Gasteiger partial charge in [-0.25, -0.2) is 0 Å². The molecular formula is C16H14ClF3. The van der Waals surface area contributed by atoms with Gasteiger partial charge in [0.1, 0.15) is 0 Å². The Hall–Kier alpha value is -1.48. The molecular weight excluding hydrogens is 285 g/mol. The highest BCUT2D eigenvalue weighted by molar-refractivity contribution is 6.17. The van der Waals surface area contributed by atoms with Crippen LogP contribution in [0.25, 0.3) is 0 Å². The van der Waals surface area contributed by atoms with Gasteiger partial charge in [-0.1, -0.05) is 36.4 Å². The molecule has 0 atom stereocenters. The number of benzene rings is 2. The summed E-state index contributed by atoms with van der Waals surface area (Å²) in [6, 6.07) is 13.3. The Balaban J connectivity index is 1.96. The normalized spacial score (nSPS) is 11.6. The van der Waals surface area contributed by atoms with E-state index in [1.165, 1.54) is 12.1 Å². The molecule has 2 aromatic carbocycles. The maximum absolute atomic E-state index is 12.4. The number of rotatable bonds is 4.